The molecular formula is C13H17NO3S. The summed E-state index contributed by atoms with van der Waals surface area (Å²) in [6, 6.07) is 7.14. The molecule has 1 aromatic rings. The van der Waals surface area contributed by atoms with Gasteiger partial charge in [-0.1, -0.05) is 20.8 Å². The Morgan fingerprint density at radius 1 is 1.22 bits per heavy atom. The van der Waals surface area contributed by atoms with E-state index in [-0.39, 0.29) is 11.7 Å². The van der Waals surface area contributed by atoms with Crippen LogP contribution in [0.5, 0.6) is 0 Å². The van der Waals surface area contributed by atoms with Gasteiger partial charge in [0, 0.05) is 16.0 Å². The molecule has 0 fully saturated rings. The predicted octanol–water partition coefficient (Wildman–Crippen LogP) is 2.85. The Morgan fingerprint density at radius 2 is 1.78 bits per heavy atom. The molecule has 0 aliphatic rings. The van der Waals surface area contributed by atoms with Crippen LogP contribution < -0.4 is 5.32 Å². The van der Waals surface area contributed by atoms with Crippen molar-refractivity contribution in [2.45, 2.75) is 25.7 Å². The molecule has 98 valence electrons. The molecule has 0 saturated heterocycles. The van der Waals surface area contributed by atoms with E-state index in [1.54, 1.807) is 24.3 Å². The number of hydrogen-bond acceptors (Lipinski definition) is 3. The number of carbonyl (C=O) groups is 2. The lowest BCUT2D eigenvalue weighted by atomic mass is 9.95. The van der Waals surface area contributed by atoms with E-state index in [0.717, 1.165) is 10.6 Å². The summed E-state index contributed by atoms with van der Waals surface area (Å²) >= 11 is 1.25. The predicted molar refractivity (Wildman–Crippen MR) is 72.9 cm³/mol. The summed E-state index contributed by atoms with van der Waals surface area (Å²) in [5, 5.41) is 11.4. The van der Waals surface area contributed by atoms with Crippen LogP contribution in [-0.2, 0) is 9.59 Å². The second-order valence-electron chi connectivity index (χ2n) is 4.91. The minimum Gasteiger partial charge on any atom is -0.481 e. The number of benzene rings is 1. The first kappa shape index (κ1) is 14.6. The van der Waals surface area contributed by atoms with Gasteiger partial charge >= 0.3 is 5.97 Å². The molecule has 2 N–H and O–H groups in total. The summed E-state index contributed by atoms with van der Waals surface area (Å²) in [7, 11) is 0. The lowest BCUT2D eigenvalue weighted by Gasteiger charge is -2.17. The fraction of sp³-hybridized carbons (Fsp3) is 0.385. The van der Waals surface area contributed by atoms with Crippen LogP contribution in [0.15, 0.2) is 29.2 Å². The Labute approximate surface area is 111 Å². The van der Waals surface area contributed by atoms with Crippen LogP contribution in [0, 0.1) is 5.41 Å². The van der Waals surface area contributed by atoms with E-state index in [2.05, 4.69) is 5.32 Å². The second-order valence-corrected chi connectivity index (χ2v) is 5.96. The number of carboxylic acids is 1. The molecule has 0 heterocycles. The minimum atomic E-state index is -0.842. The van der Waals surface area contributed by atoms with E-state index >= 15 is 0 Å². The van der Waals surface area contributed by atoms with Crippen molar-refractivity contribution in [3.63, 3.8) is 0 Å². The van der Waals surface area contributed by atoms with Gasteiger partial charge in [-0.2, -0.15) is 0 Å². The number of rotatable bonds is 4. The van der Waals surface area contributed by atoms with Crippen LogP contribution in [-0.4, -0.2) is 22.7 Å². The molecule has 0 bridgehead atoms. The Balaban J connectivity index is 2.60. The first-order valence-corrected chi connectivity index (χ1v) is 6.54. The van der Waals surface area contributed by atoms with Gasteiger partial charge in [0.05, 0.1) is 5.75 Å². The van der Waals surface area contributed by atoms with Crippen LogP contribution in [0.25, 0.3) is 0 Å². The standard InChI is InChI=1S/C13H17NO3S/c1-13(2,3)12(17)14-9-4-6-10(7-5-9)18-8-11(15)16/h4-7H,8H2,1-3H3,(H,14,17)(H,15,16). The third-order valence-corrected chi connectivity index (χ3v) is 3.15. The zero-order valence-electron chi connectivity index (χ0n) is 10.7. The number of anilines is 1. The number of carbonyl (C=O) groups excluding carboxylic acids is 1. The number of nitrogens with one attached hydrogen (secondary N) is 1. The highest BCUT2D eigenvalue weighted by atomic mass is 32.2. The molecule has 0 aliphatic carbocycles. The summed E-state index contributed by atoms with van der Waals surface area (Å²) < 4.78 is 0. The Morgan fingerprint density at radius 3 is 2.22 bits per heavy atom. The monoisotopic (exact) mass is 267 g/mol. The zero-order valence-corrected chi connectivity index (χ0v) is 11.5. The summed E-state index contributed by atoms with van der Waals surface area (Å²) in [5.41, 5.74) is 0.283. The number of thioether (sulfide) groups is 1. The Kier molecular flexibility index (Phi) is 4.78. The average molecular weight is 267 g/mol. The van der Waals surface area contributed by atoms with E-state index < -0.39 is 11.4 Å². The molecule has 0 radical (unpaired) electrons. The number of amides is 1. The van der Waals surface area contributed by atoms with E-state index in [4.69, 9.17) is 5.11 Å². The van der Waals surface area contributed by atoms with E-state index in [9.17, 15) is 9.59 Å². The highest BCUT2D eigenvalue weighted by molar-refractivity contribution is 8.00. The van der Waals surface area contributed by atoms with Crippen molar-refractivity contribution >= 4 is 29.3 Å². The normalized spacial score (nSPS) is 11.1. The van der Waals surface area contributed by atoms with Crippen molar-refractivity contribution in [3.8, 4) is 0 Å². The van der Waals surface area contributed by atoms with Crippen LogP contribution in [0.3, 0.4) is 0 Å². The first-order chi connectivity index (χ1) is 8.29. The summed E-state index contributed by atoms with van der Waals surface area (Å²) in [6.07, 6.45) is 0. The third kappa shape index (κ3) is 4.79. The van der Waals surface area contributed by atoms with Crippen molar-refractivity contribution in [2.24, 2.45) is 5.41 Å². The van der Waals surface area contributed by atoms with E-state index in [1.165, 1.54) is 11.8 Å². The molecule has 0 aliphatic heterocycles. The molecule has 5 heteroatoms. The fourth-order valence-electron chi connectivity index (χ4n) is 1.10. The Hall–Kier alpha value is -1.49. The topological polar surface area (TPSA) is 66.4 Å². The summed E-state index contributed by atoms with van der Waals surface area (Å²) in [6.45, 7) is 5.54. The minimum absolute atomic E-state index is 0.0354. The van der Waals surface area contributed by atoms with Crippen molar-refractivity contribution in [1.82, 2.24) is 0 Å². The lowest BCUT2D eigenvalue weighted by molar-refractivity contribution is -0.133. The van der Waals surface area contributed by atoms with Crippen LogP contribution in [0.4, 0.5) is 5.69 Å². The maximum Gasteiger partial charge on any atom is 0.313 e. The molecule has 1 amide bonds. The molecule has 18 heavy (non-hydrogen) atoms. The van der Waals surface area contributed by atoms with Crippen LogP contribution in [0.2, 0.25) is 0 Å². The molecule has 0 spiro atoms. The van der Waals surface area contributed by atoms with Gasteiger partial charge < -0.3 is 10.4 Å². The van der Waals surface area contributed by atoms with Gasteiger partial charge in [-0.05, 0) is 24.3 Å². The number of aliphatic carboxylic acids is 1. The van der Waals surface area contributed by atoms with Gasteiger partial charge in [-0.3, -0.25) is 9.59 Å². The largest absolute Gasteiger partial charge is 0.481 e. The maximum atomic E-state index is 11.7. The van der Waals surface area contributed by atoms with Gasteiger partial charge in [-0.25, -0.2) is 0 Å². The summed E-state index contributed by atoms with van der Waals surface area (Å²) in [4.78, 5) is 23.0. The van der Waals surface area contributed by atoms with Crippen molar-refractivity contribution in [2.75, 3.05) is 11.1 Å². The average Bonchev–Trinajstić information content (AvgIpc) is 2.26. The summed E-state index contributed by atoms with van der Waals surface area (Å²) in [5.74, 6) is -0.855. The molecule has 0 aromatic heterocycles. The zero-order chi connectivity index (χ0) is 13.8. The van der Waals surface area contributed by atoms with Crippen LogP contribution >= 0.6 is 11.8 Å². The molecule has 0 atom stereocenters. The van der Waals surface area contributed by atoms with Gasteiger partial charge in [0.2, 0.25) is 5.91 Å². The highest BCUT2D eigenvalue weighted by Gasteiger charge is 2.20. The first-order valence-electron chi connectivity index (χ1n) is 5.55. The third-order valence-electron chi connectivity index (χ3n) is 2.16. The van der Waals surface area contributed by atoms with Gasteiger partial charge in [-0.15, -0.1) is 11.8 Å². The molecule has 1 rings (SSSR count). The van der Waals surface area contributed by atoms with Crippen molar-refractivity contribution < 1.29 is 14.7 Å². The number of carboxylic acid groups (broad SMARTS) is 1. The fourth-order valence-corrected chi connectivity index (χ4v) is 1.72. The van der Waals surface area contributed by atoms with Gasteiger partial charge in [0.15, 0.2) is 0 Å². The van der Waals surface area contributed by atoms with Gasteiger partial charge in [0.25, 0.3) is 0 Å². The molecule has 1 aromatic carbocycles. The molecule has 0 saturated carbocycles. The SMILES string of the molecule is CC(C)(C)C(=O)Nc1ccc(SCC(=O)O)cc1. The molecular weight excluding hydrogens is 250 g/mol. The second kappa shape index (κ2) is 5.91. The smallest absolute Gasteiger partial charge is 0.313 e. The van der Waals surface area contributed by atoms with Gasteiger partial charge in [0.1, 0.15) is 0 Å². The number of hydrogen-bond donors (Lipinski definition) is 2. The Bertz CT molecular complexity index is 435. The van der Waals surface area contributed by atoms with Crippen molar-refractivity contribution in [3.05, 3.63) is 24.3 Å². The molecule has 4 nitrogen and oxygen atoms in total. The van der Waals surface area contributed by atoms with E-state index in [0.29, 0.717) is 0 Å². The highest BCUT2D eigenvalue weighted by Crippen LogP contribution is 2.22. The van der Waals surface area contributed by atoms with Crippen LogP contribution in [0.1, 0.15) is 20.8 Å². The lowest BCUT2D eigenvalue weighted by Crippen LogP contribution is -2.27. The maximum absolute atomic E-state index is 11.7. The quantitative estimate of drug-likeness (QED) is 0.823. The van der Waals surface area contributed by atoms with Crippen molar-refractivity contribution in [1.29, 1.82) is 0 Å². The molecule has 0 unspecified atom stereocenters. The van der Waals surface area contributed by atoms with E-state index in [1.807, 2.05) is 20.8 Å².